The Balaban J connectivity index is 1.75. The molecular formula is C14H24N2O. The van der Waals surface area contributed by atoms with Crippen molar-refractivity contribution in [1.29, 1.82) is 0 Å². The normalized spacial score (nSPS) is 23.2. The first-order valence-electron chi connectivity index (χ1n) is 6.86. The summed E-state index contributed by atoms with van der Waals surface area (Å²) in [6.07, 6.45) is 6.58. The lowest BCUT2D eigenvalue weighted by Crippen LogP contribution is -2.40. The second-order valence-electron chi connectivity index (χ2n) is 4.87. The molecule has 0 radical (unpaired) electrons. The van der Waals surface area contributed by atoms with E-state index >= 15 is 0 Å². The van der Waals surface area contributed by atoms with Crippen molar-refractivity contribution in [1.82, 2.24) is 10.2 Å². The van der Waals surface area contributed by atoms with Gasteiger partial charge in [0.05, 0.1) is 6.26 Å². The van der Waals surface area contributed by atoms with E-state index < -0.39 is 0 Å². The Labute approximate surface area is 104 Å². The molecule has 0 spiro atoms. The van der Waals surface area contributed by atoms with Crippen molar-refractivity contribution in [3.8, 4) is 0 Å². The number of hydrogen-bond donors (Lipinski definition) is 1. The molecule has 1 fully saturated rings. The highest BCUT2D eigenvalue weighted by Gasteiger charge is 2.13. The van der Waals surface area contributed by atoms with E-state index in [0.29, 0.717) is 6.04 Å². The second kappa shape index (κ2) is 6.82. The third kappa shape index (κ3) is 4.17. The van der Waals surface area contributed by atoms with Gasteiger partial charge in [0.2, 0.25) is 0 Å². The maximum Gasteiger partial charge on any atom is 0.105 e. The van der Waals surface area contributed by atoms with Crippen LogP contribution in [0.25, 0.3) is 0 Å². The van der Waals surface area contributed by atoms with E-state index in [1.807, 2.05) is 6.07 Å². The van der Waals surface area contributed by atoms with Crippen LogP contribution < -0.4 is 5.32 Å². The minimum Gasteiger partial charge on any atom is -0.469 e. The smallest absolute Gasteiger partial charge is 0.105 e. The monoisotopic (exact) mass is 236 g/mol. The molecule has 96 valence electrons. The van der Waals surface area contributed by atoms with Crippen LogP contribution in [-0.4, -0.2) is 37.1 Å². The van der Waals surface area contributed by atoms with Crippen molar-refractivity contribution in [3.05, 3.63) is 24.2 Å². The van der Waals surface area contributed by atoms with Gasteiger partial charge in [0.1, 0.15) is 5.76 Å². The third-order valence-corrected chi connectivity index (χ3v) is 3.63. The molecule has 17 heavy (non-hydrogen) atoms. The summed E-state index contributed by atoms with van der Waals surface area (Å²) < 4.78 is 5.38. The van der Waals surface area contributed by atoms with Gasteiger partial charge in [0.25, 0.3) is 0 Å². The molecule has 0 aromatic carbocycles. The van der Waals surface area contributed by atoms with Crippen molar-refractivity contribution in [2.75, 3.05) is 26.2 Å². The van der Waals surface area contributed by atoms with Gasteiger partial charge in [-0.05, 0) is 51.0 Å². The molecule has 1 unspecified atom stereocenters. The summed E-state index contributed by atoms with van der Waals surface area (Å²) in [4.78, 5) is 2.58. The lowest BCUT2D eigenvalue weighted by atomic mass is 10.1. The predicted molar refractivity (Wildman–Crippen MR) is 70.2 cm³/mol. The lowest BCUT2D eigenvalue weighted by molar-refractivity contribution is 0.230. The van der Waals surface area contributed by atoms with Crippen LogP contribution in [0.2, 0.25) is 0 Å². The number of nitrogens with zero attached hydrogens (tertiary/aromatic N) is 1. The zero-order valence-corrected chi connectivity index (χ0v) is 10.8. The molecule has 1 atom stereocenters. The van der Waals surface area contributed by atoms with Gasteiger partial charge in [0.15, 0.2) is 0 Å². The molecule has 1 saturated heterocycles. The Morgan fingerprint density at radius 2 is 2.41 bits per heavy atom. The maximum atomic E-state index is 5.38. The van der Waals surface area contributed by atoms with E-state index in [2.05, 4.69) is 23.2 Å². The molecule has 1 aliphatic rings. The average Bonchev–Trinajstić information content (AvgIpc) is 2.81. The lowest BCUT2D eigenvalue weighted by Gasteiger charge is -2.28. The maximum absolute atomic E-state index is 5.38. The first-order chi connectivity index (χ1) is 8.38. The highest BCUT2D eigenvalue weighted by atomic mass is 16.3. The van der Waals surface area contributed by atoms with Gasteiger partial charge >= 0.3 is 0 Å². The molecule has 0 bridgehead atoms. The Bertz CT molecular complexity index is 297. The molecule has 3 nitrogen and oxygen atoms in total. The van der Waals surface area contributed by atoms with Crippen LogP contribution in [0.1, 0.15) is 31.9 Å². The van der Waals surface area contributed by atoms with E-state index in [1.165, 1.54) is 32.4 Å². The van der Waals surface area contributed by atoms with Crippen molar-refractivity contribution in [2.45, 2.75) is 38.6 Å². The van der Waals surface area contributed by atoms with Crippen LogP contribution in [0.15, 0.2) is 22.8 Å². The van der Waals surface area contributed by atoms with Crippen LogP contribution in [-0.2, 0) is 6.42 Å². The molecule has 3 heteroatoms. The fraction of sp³-hybridized carbons (Fsp3) is 0.714. The van der Waals surface area contributed by atoms with Gasteiger partial charge in [-0.25, -0.2) is 0 Å². The minimum absolute atomic E-state index is 0.710. The molecule has 1 aliphatic heterocycles. The summed E-state index contributed by atoms with van der Waals surface area (Å²) in [5.74, 6) is 1.11. The largest absolute Gasteiger partial charge is 0.469 e. The van der Waals surface area contributed by atoms with E-state index in [1.54, 1.807) is 6.26 Å². The zero-order chi connectivity index (χ0) is 11.9. The summed E-state index contributed by atoms with van der Waals surface area (Å²) in [6, 6.07) is 4.75. The Kier molecular flexibility index (Phi) is 5.08. The highest BCUT2D eigenvalue weighted by molar-refractivity contribution is 4.98. The Hall–Kier alpha value is -0.800. The molecular weight excluding hydrogens is 212 g/mol. The van der Waals surface area contributed by atoms with Crippen molar-refractivity contribution in [3.63, 3.8) is 0 Å². The summed E-state index contributed by atoms with van der Waals surface area (Å²) in [5.41, 5.74) is 0. The molecule has 1 aromatic rings. The van der Waals surface area contributed by atoms with Gasteiger partial charge in [-0.1, -0.05) is 6.92 Å². The van der Waals surface area contributed by atoms with Crippen LogP contribution in [0.3, 0.4) is 0 Å². The Morgan fingerprint density at radius 1 is 1.47 bits per heavy atom. The quantitative estimate of drug-likeness (QED) is 0.869. The van der Waals surface area contributed by atoms with Crippen LogP contribution in [0.5, 0.6) is 0 Å². The average molecular weight is 236 g/mol. The van der Waals surface area contributed by atoms with Gasteiger partial charge < -0.3 is 14.6 Å². The van der Waals surface area contributed by atoms with Crippen LogP contribution >= 0.6 is 0 Å². The van der Waals surface area contributed by atoms with Crippen molar-refractivity contribution in [2.24, 2.45) is 0 Å². The number of rotatable bonds is 4. The molecule has 0 aliphatic carbocycles. The van der Waals surface area contributed by atoms with Crippen molar-refractivity contribution >= 4 is 0 Å². The SMILES string of the molecule is CCC1CCN(CCc2ccco2)CCCN1. The topological polar surface area (TPSA) is 28.4 Å². The predicted octanol–water partition coefficient (Wildman–Crippen LogP) is 2.29. The first kappa shape index (κ1) is 12.7. The third-order valence-electron chi connectivity index (χ3n) is 3.63. The molecule has 2 heterocycles. The summed E-state index contributed by atoms with van der Waals surface area (Å²) >= 11 is 0. The summed E-state index contributed by atoms with van der Waals surface area (Å²) in [6.45, 7) is 6.99. The highest BCUT2D eigenvalue weighted by Crippen LogP contribution is 2.07. The van der Waals surface area contributed by atoms with Gasteiger partial charge in [-0.15, -0.1) is 0 Å². The Morgan fingerprint density at radius 3 is 3.18 bits per heavy atom. The van der Waals surface area contributed by atoms with Gasteiger partial charge in [-0.3, -0.25) is 0 Å². The second-order valence-corrected chi connectivity index (χ2v) is 4.87. The molecule has 1 aromatic heterocycles. The summed E-state index contributed by atoms with van der Waals surface area (Å²) in [7, 11) is 0. The van der Waals surface area contributed by atoms with E-state index in [-0.39, 0.29) is 0 Å². The number of furan rings is 1. The van der Waals surface area contributed by atoms with Crippen molar-refractivity contribution < 1.29 is 4.42 Å². The van der Waals surface area contributed by atoms with Gasteiger partial charge in [-0.2, -0.15) is 0 Å². The molecule has 0 saturated carbocycles. The molecule has 2 rings (SSSR count). The summed E-state index contributed by atoms with van der Waals surface area (Å²) in [5, 5.41) is 3.62. The molecule has 1 N–H and O–H groups in total. The van der Waals surface area contributed by atoms with Crippen LogP contribution in [0.4, 0.5) is 0 Å². The standard InChI is InChI=1S/C14H24N2O/c1-2-13-6-10-16(9-4-8-15-13)11-7-14-5-3-12-17-14/h3,5,12-13,15H,2,4,6-11H2,1H3. The van der Waals surface area contributed by atoms with E-state index in [4.69, 9.17) is 4.42 Å². The van der Waals surface area contributed by atoms with Gasteiger partial charge in [0, 0.05) is 19.0 Å². The minimum atomic E-state index is 0.710. The number of hydrogen-bond acceptors (Lipinski definition) is 3. The fourth-order valence-corrected chi connectivity index (χ4v) is 2.46. The van der Waals surface area contributed by atoms with E-state index in [9.17, 15) is 0 Å². The first-order valence-corrected chi connectivity index (χ1v) is 6.86. The van der Waals surface area contributed by atoms with Crippen LogP contribution in [0, 0.1) is 0 Å². The number of nitrogens with one attached hydrogen (secondary N) is 1. The van der Waals surface area contributed by atoms with E-state index in [0.717, 1.165) is 25.3 Å². The molecule has 0 amide bonds. The zero-order valence-electron chi connectivity index (χ0n) is 10.8. The fourth-order valence-electron chi connectivity index (χ4n) is 2.46.